The Morgan fingerprint density at radius 3 is 2.88 bits per heavy atom. The van der Waals surface area contributed by atoms with E-state index >= 15 is 0 Å². The third kappa shape index (κ3) is 7.31. The topological polar surface area (TPSA) is 115 Å². The summed E-state index contributed by atoms with van der Waals surface area (Å²) in [5.74, 6) is 0.665. The molecule has 12 heteroatoms. The number of hydrogen-bond donors (Lipinski definition) is 2. The van der Waals surface area contributed by atoms with Crippen molar-refractivity contribution in [2.24, 2.45) is 11.8 Å². The van der Waals surface area contributed by atoms with Crippen molar-refractivity contribution in [1.82, 2.24) is 19.3 Å². The number of carbonyl (C=O) groups excluding carboxylic acids is 1. The first kappa shape index (κ1) is 30.5. The molecule has 2 heterocycles. The number of esters is 1. The first-order valence-electron chi connectivity index (χ1n) is 13.9. The molecule has 0 aromatic carbocycles. The molecule has 5 rings (SSSR count). The molecule has 222 valence electrons. The quantitative estimate of drug-likeness (QED) is 0.280. The summed E-state index contributed by atoms with van der Waals surface area (Å²) in [5, 5.41) is 8.75. The van der Waals surface area contributed by atoms with E-state index in [0.29, 0.717) is 44.4 Å². The van der Waals surface area contributed by atoms with Gasteiger partial charge >= 0.3 is 5.97 Å². The zero-order valence-corrected chi connectivity index (χ0v) is 26.4. The standard InChI is InChI=1S/C30H33BrClN5O4S/c1-41-29(38)14-11-20-9-12-23(13-10-20)42(39,40)35-18-22-6-4-5-21(15-22)17-33-28-16-27(24-7-2-3-8-26(24)32)36-30-25(31)19-34-37(28)30/h2,4-7,9,12-13,16,19-20,22,33,35H,3,8,10-11,14-15,17-18H2,1H3. The van der Waals surface area contributed by atoms with E-state index in [4.69, 9.17) is 16.6 Å². The number of hydrogen-bond acceptors (Lipinski definition) is 7. The number of methoxy groups -OCH3 is 1. The zero-order chi connectivity index (χ0) is 29.7. The van der Waals surface area contributed by atoms with Crippen LogP contribution in [0, 0.1) is 11.8 Å². The molecule has 0 saturated carbocycles. The van der Waals surface area contributed by atoms with Crippen LogP contribution in [0.25, 0.3) is 11.2 Å². The van der Waals surface area contributed by atoms with E-state index < -0.39 is 10.0 Å². The van der Waals surface area contributed by atoms with E-state index in [1.807, 2.05) is 30.4 Å². The van der Waals surface area contributed by atoms with Crippen LogP contribution < -0.4 is 10.0 Å². The molecule has 0 bridgehead atoms. The number of rotatable bonds is 11. The summed E-state index contributed by atoms with van der Waals surface area (Å²) in [6, 6.07) is 1.95. The van der Waals surface area contributed by atoms with Gasteiger partial charge in [0.15, 0.2) is 5.65 Å². The molecule has 2 atom stereocenters. The summed E-state index contributed by atoms with van der Waals surface area (Å²) in [4.78, 5) is 16.4. The summed E-state index contributed by atoms with van der Waals surface area (Å²) in [7, 11) is -2.27. The summed E-state index contributed by atoms with van der Waals surface area (Å²) in [6.07, 6.45) is 21.0. The molecular weight excluding hydrogens is 642 g/mol. The normalized spacial score (nSPS) is 20.5. The number of allylic oxidation sites excluding steroid dienone is 9. The van der Waals surface area contributed by atoms with Gasteiger partial charge in [0.1, 0.15) is 5.82 Å². The van der Waals surface area contributed by atoms with Crippen molar-refractivity contribution >= 4 is 60.6 Å². The van der Waals surface area contributed by atoms with E-state index in [2.05, 4.69) is 48.0 Å². The second-order valence-electron chi connectivity index (χ2n) is 10.5. The van der Waals surface area contributed by atoms with Crippen molar-refractivity contribution in [3.63, 3.8) is 0 Å². The van der Waals surface area contributed by atoms with Crippen molar-refractivity contribution in [3.8, 4) is 0 Å². The maximum absolute atomic E-state index is 13.0. The Morgan fingerprint density at radius 1 is 1.26 bits per heavy atom. The van der Waals surface area contributed by atoms with Crippen molar-refractivity contribution in [3.05, 3.63) is 86.5 Å². The number of nitrogens with zero attached hydrogens (tertiary/aromatic N) is 3. The van der Waals surface area contributed by atoms with E-state index in [9.17, 15) is 13.2 Å². The van der Waals surface area contributed by atoms with Gasteiger partial charge in [-0.2, -0.15) is 9.61 Å². The Morgan fingerprint density at radius 2 is 2.12 bits per heavy atom. The molecule has 2 unspecified atom stereocenters. The maximum Gasteiger partial charge on any atom is 0.305 e. The summed E-state index contributed by atoms with van der Waals surface area (Å²) >= 11 is 10.1. The number of anilines is 1. The molecule has 0 amide bonds. The second kappa shape index (κ2) is 13.5. The smallest absolute Gasteiger partial charge is 0.305 e. The fourth-order valence-corrected chi connectivity index (χ4v) is 6.91. The number of carbonyl (C=O) groups is 1. The molecule has 9 nitrogen and oxygen atoms in total. The highest BCUT2D eigenvalue weighted by Gasteiger charge is 2.22. The van der Waals surface area contributed by atoms with Crippen molar-refractivity contribution in [2.75, 3.05) is 25.5 Å². The molecule has 42 heavy (non-hydrogen) atoms. The molecule has 0 aliphatic heterocycles. The Labute approximate surface area is 259 Å². The number of halogens is 2. The lowest BCUT2D eigenvalue weighted by molar-refractivity contribution is -0.140. The first-order chi connectivity index (χ1) is 20.2. The van der Waals surface area contributed by atoms with Gasteiger partial charge in [-0.25, -0.2) is 18.1 Å². The van der Waals surface area contributed by atoms with Gasteiger partial charge in [-0.05, 0) is 65.9 Å². The van der Waals surface area contributed by atoms with Crippen LogP contribution in [0.2, 0.25) is 0 Å². The van der Waals surface area contributed by atoms with Gasteiger partial charge in [0.2, 0.25) is 10.0 Å². The lowest BCUT2D eigenvalue weighted by Crippen LogP contribution is -2.31. The van der Waals surface area contributed by atoms with Gasteiger partial charge < -0.3 is 10.1 Å². The molecule has 2 N–H and O–H groups in total. The predicted molar refractivity (Wildman–Crippen MR) is 169 cm³/mol. The van der Waals surface area contributed by atoms with Crippen LogP contribution in [0.3, 0.4) is 0 Å². The lowest BCUT2D eigenvalue weighted by atomic mass is 9.94. The van der Waals surface area contributed by atoms with Gasteiger partial charge in [-0.15, -0.1) is 0 Å². The molecule has 0 radical (unpaired) electrons. The average Bonchev–Trinajstić information content (AvgIpc) is 3.38. The fraction of sp³-hybridized carbons (Fsp3) is 0.367. The molecule has 3 aliphatic rings. The van der Waals surface area contributed by atoms with Gasteiger partial charge in [0.05, 0.1) is 28.4 Å². The third-order valence-electron chi connectivity index (χ3n) is 7.50. The molecular formula is C30H33BrClN5O4S. The SMILES string of the molecule is COC(=O)CCC1C=CC(S(=O)(=O)NCC2C=CC=C(CNc3cc(C4=C(Cl)CCC=C4)nc4c(Br)cnn34)C2)=CC1. The highest BCUT2D eigenvalue weighted by atomic mass is 79.9. The van der Waals surface area contributed by atoms with Crippen LogP contribution in [0.15, 0.2) is 80.9 Å². The molecule has 2 aromatic rings. The lowest BCUT2D eigenvalue weighted by Gasteiger charge is -2.21. The van der Waals surface area contributed by atoms with Gasteiger partial charge in [0.25, 0.3) is 0 Å². The Hall–Kier alpha value is -2.99. The highest BCUT2D eigenvalue weighted by molar-refractivity contribution is 9.10. The molecule has 0 spiro atoms. The number of fused-ring (bicyclic) bond motifs is 1. The number of aromatic nitrogens is 3. The van der Waals surface area contributed by atoms with Crippen LogP contribution in [0.5, 0.6) is 0 Å². The van der Waals surface area contributed by atoms with E-state index in [1.165, 1.54) is 7.11 Å². The summed E-state index contributed by atoms with van der Waals surface area (Å²) in [5.41, 5.74) is 3.52. The minimum Gasteiger partial charge on any atom is -0.469 e. The largest absolute Gasteiger partial charge is 0.469 e. The van der Waals surface area contributed by atoms with Crippen molar-refractivity contribution < 1.29 is 17.9 Å². The average molecular weight is 675 g/mol. The van der Waals surface area contributed by atoms with E-state index in [-0.39, 0.29) is 22.7 Å². The fourth-order valence-electron chi connectivity index (χ4n) is 5.12. The van der Waals surface area contributed by atoms with Crippen LogP contribution in [-0.4, -0.2) is 49.2 Å². The van der Waals surface area contributed by atoms with Crippen LogP contribution in [0.1, 0.15) is 44.2 Å². The van der Waals surface area contributed by atoms with Crippen molar-refractivity contribution in [1.29, 1.82) is 0 Å². The number of sulfonamides is 1. The van der Waals surface area contributed by atoms with Gasteiger partial charge in [0, 0.05) is 36.2 Å². The number of ether oxygens (including phenoxy) is 1. The molecule has 3 aliphatic carbocycles. The molecule has 0 saturated heterocycles. The second-order valence-corrected chi connectivity index (χ2v) is 13.5. The minimum absolute atomic E-state index is 0.0192. The number of nitrogens with one attached hydrogen (secondary N) is 2. The predicted octanol–water partition coefficient (Wildman–Crippen LogP) is 6.04. The minimum atomic E-state index is -3.64. The van der Waals surface area contributed by atoms with Crippen LogP contribution in [0.4, 0.5) is 5.82 Å². The van der Waals surface area contributed by atoms with Gasteiger partial charge in [-0.3, -0.25) is 4.79 Å². The van der Waals surface area contributed by atoms with Crippen molar-refractivity contribution in [2.45, 2.75) is 38.5 Å². The van der Waals surface area contributed by atoms with Gasteiger partial charge in [-0.1, -0.05) is 59.7 Å². The Kier molecular flexibility index (Phi) is 9.82. The van der Waals surface area contributed by atoms with E-state index in [1.54, 1.807) is 22.9 Å². The monoisotopic (exact) mass is 673 g/mol. The molecule has 2 aromatic heterocycles. The molecule has 0 fully saturated rings. The maximum atomic E-state index is 13.0. The summed E-state index contributed by atoms with van der Waals surface area (Å²) in [6.45, 7) is 0.856. The summed E-state index contributed by atoms with van der Waals surface area (Å²) < 4.78 is 35.9. The van der Waals surface area contributed by atoms with E-state index in [0.717, 1.165) is 45.0 Å². The highest BCUT2D eigenvalue weighted by Crippen LogP contribution is 2.32. The van der Waals surface area contributed by atoms with Crippen LogP contribution >= 0.6 is 27.5 Å². The third-order valence-corrected chi connectivity index (χ3v) is 9.92. The first-order valence-corrected chi connectivity index (χ1v) is 16.5. The zero-order valence-electron chi connectivity index (χ0n) is 23.2. The van der Waals surface area contributed by atoms with Crippen LogP contribution in [-0.2, 0) is 19.6 Å². The Bertz CT molecular complexity index is 1650. The Balaban J connectivity index is 1.18.